The van der Waals surface area contributed by atoms with Gasteiger partial charge in [0.15, 0.2) is 0 Å². The summed E-state index contributed by atoms with van der Waals surface area (Å²) in [5.41, 5.74) is 0.367. The Morgan fingerprint density at radius 2 is 1.71 bits per heavy atom. The van der Waals surface area contributed by atoms with Crippen LogP contribution >= 0.6 is 0 Å². The van der Waals surface area contributed by atoms with Crippen LogP contribution in [-0.4, -0.2) is 11.6 Å². The third-order valence-electron chi connectivity index (χ3n) is 6.52. The molecular formula is C19H30O2. The molecule has 0 aromatic rings. The highest BCUT2D eigenvalue weighted by Gasteiger charge is 2.59. The van der Waals surface area contributed by atoms with Gasteiger partial charge in [0.25, 0.3) is 0 Å². The fraction of sp³-hybridized carbons (Fsp3) is 0.842. The Morgan fingerprint density at radius 1 is 1.19 bits per heavy atom. The molecule has 2 heteroatoms. The molecule has 4 bridgehead atoms. The minimum atomic E-state index is -0.182. The monoisotopic (exact) mass is 290 g/mol. The number of carbonyl (C=O) groups is 1. The molecule has 4 aliphatic rings. The van der Waals surface area contributed by atoms with Crippen LogP contribution in [-0.2, 0) is 9.53 Å². The van der Waals surface area contributed by atoms with Gasteiger partial charge in [0.1, 0.15) is 5.60 Å². The summed E-state index contributed by atoms with van der Waals surface area (Å²) in [6.07, 6.45) is 8.79. The lowest BCUT2D eigenvalue weighted by Crippen LogP contribution is -2.60. The lowest BCUT2D eigenvalue weighted by Gasteiger charge is -2.60. The maximum absolute atomic E-state index is 12.3. The van der Waals surface area contributed by atoms with Crippen molar-refractivity contribution in [3.63, 3.8) is 0 Å². The van der Waals surface area contributed by atoms with Crippen LogP contribution in [0.5, 0.6) is 0 Å². The lowest BCUT2D eigenvalue weighted by atomic mass is 9.48. The van der Waals surface area contributed by atoms with Crippen molar-refractivity contribution in [3.05, 3.63) is 12.2 Å². The average molecular weight is 290 g/mol. The number of esters is 1. The zero-order chi connectivity index (χ0) is 15.2. The highest BCUT2D eigenvalue weighted by molar-refractivity contribution is 5.87. The van der Waals surface area contributed by atoms with Crippen LogP contribution in [0.15, 0.2) is 12.2 Å². The Labute approximate surface area is 129 Å². The second-order valence-corrected chi connectivity index (χ2v) is 8.15. The Hall–Kier alpha value is -0.790. The molecule has 4 fully saturated rings. The molecule has 0 radical (unpaired) electrons. The van der Waals surface area contributed by atoms with E-state index >= 15 is 0 Å². The summed E-state index contributed by atoms with van der Waals surface area (Å²) in [5.74, 6) is 3.48. The van der Waals surface area contributed by atoms with Gasteiger partial charge in [-0.15, -0.1) is 0 Å². The SMILES string of the molecule is C=C(C)C(=O)OC1(CC(C)CC)C2CC3CC(C2)CC1C3. The van der Waals surface area contributed by atoms with Gasteiger partial charge in [-0.05, 0) is 75.0 Å². The van der Waals surface area contributed by atoms with Crippen molar-refractivity contribution in [2.24, 2.45) is 29.6 Å². The first-order valence-electron chi connectivity index (χ1n) is 8.83. The molecule has 1 unspecified atom stereocenters. The minimum Gasteiger partial charge on any atom is -0.455 e. The molecule has 118 valence electrons. The van der Waals surface area contributed by atoms with Crippen molar-refractivity contribution in [1.82, 2.24) is 0 Å². The molecule has 2 nitrogen and oxygen atoms in total. The zero-order valence-corrected chi connectivity index (χ0v) is 13.9. The summed E-state index contributed by atoms with van der Waals surface area (Å²) >= 11 is 0. The van der Waals surface area contributed by atoms with Crippen molar-refractivity contribution in [2.45, 2.75) is 71.3 Å². The van der Waals surface area contributed by atoms with E-state index in [0.29, 0.717) is 23.3 Å². The van der Waals surface area contributed by atoms with E-state index in [0.717, 1.165) is 18.3 Å². The first-order valence-corrected chi connectivity index (χ1v) is 8.83. The van der Waals surface area contributed by atoms with Crippen LogP contribution in [0.1, 0.15) is 65.7 Å². The van der Waals surface area contributed by atoms with E-state index in [1.54, 1.807) is 6.92 Å². The second kappa shape index (κ2) is 5.44. The number of rotatable bonds is 5. The van der Waals surface area contributed by atoms with Crippen molar-refractivity contribution in [1.29, 1.82) is 0 Å². The van der Waals surface area contributed by atoms with Crippen molar-refractivity contribution in [2.75, 3.05) is 0 Å². The molecule has 4 saturated carbocycles. The summed E-state index contributed by atoms with van der Waals surface area (Å²) in [6, 6.07) is 0. The molecule has 0 aromatic heterocycles. The van der Waals surface area contributed by atoms with Gasteiger partial charge in [-0.25, -0.2) is 4.79 Å². The van der Waals surface area contributed by atoms with Crippen LogP contribution in [0.4, 0.5) is 0 Å². The Morgan fingerprint density at radius 3 is 2.14 bits per heavy atom. The molecule has 0 spiro atoms. The van der Waals surface area contributed by atoms with Crippen LogP contribution in [0.2, 0.25) is 0 Å². The smallest absolute Gasteiger partial charge is 0.333 e. The Bertz CT molecular complexity index is 409. The van der Waals surface area contributed by atoms with E-state index in [9.17, 15) is 4.79 Å². The number of ether oxygens (including phenoxy) is 1. The van der Waals surface area contributed by atoms with Crippen molar-refractivity contribution in [3.8, 4) is 0 Å². The molecule has 0 N–H and O–H groups in total. The zero-order valence-electron chi connectivity index (χ0n) is 13.9. The van der Waals surface area contributed by atoms with Gasteiger partial charge in [-0.3, -0.25) is 0 Å². The molecule has 0 amide bonds. The van der Waals surface area contributed by atoms with Gasteiger partial charge in [0.05, 0.1) is 0 Å². The minimum absolute atomic E-state index is 0.161. The molecular weight excluding hydrogens is 260 g/mol. The fourth-order valence-corrected chi connectivity index (χ4v) is 5.47. The van der Waals surface area contributed by atoms with Crippen LogP contribution in [0.25, 0.3) is 0 Å². The van der Waals surface area contributed by atoms with Crippen molar-refractivity contribution < 1.29 is 9.53 Å². The summed E-state index contributed by atoms with van der Waals surface area (Å²) < 4.78 is 6.21. The van der Waals surface area contributed by atoms with Gasteiger partial charge in [-0.2, -0.15) is 0 Å². The predicted molar refractivity (Wildman–Crippen MR) is 84.8 cm³/mol. The molecule has 0 saturated heterocycles. The highest BCUT2D eigenvalue weighted by atomic mass is 16.6. The fourth-order valence-electron chi connectivity index (χ4n) is 5.47. The van der Waals surface area contributed by atoms with Gasteiger partial charge in [0.2, 0.25) is 0 Å². The summed E-state index contributed by atoms with van der Waals surface area (Å²) in [4.78, 5) is 12.3. The quantitative estimate of drug-likeness (QED) is 0.540. The number of hydrogen-bond acceptors (Lipinski definition) is 2. The topological polar surface area (TPSA) is 26.3 Å². The van der Waals surface area contributed by atoms with E-state index in [-0.39, 0.29) is 11.6 Å². The van der Waals surface area contributed by atoms with E-state index in [1.807, 2.05) is 0 Å². The second-order valence-electron chi connectivity index (χ2n) is 8.15. The van der Waals surface area contributed by atoms with E-state index in [1.165, 1.54) is 38.5 Å². The molecule has 21 heavy (non-hydrogen) atoms. The van der Waals surface area contributed by atoms with Gasteiger partial charge < -0.3 is 4.74 Å². The third kappa shape index (κ3) is 2.55. The first kappa shape index (κ1) is 15.1. The van der Waals surface area contributed by atoms with Crippen LogP contribution in [0, 0.1) is 29.6 Å². The molecule has 0 heterocycles. The van der Waals surface area contributed by atoms with E-state index in [4.69, 9.17) is 4.74 Å². The van der Waals surface area contributed by atoms with Gasteiger partial charge >= 0.3 is 5.97 Å². The number of hydrogen-bond donors (Lipinski definition) is 0. The molecule has 1 atom stereocenters. The standard InChI is InChI=1S/C19H30O2/c1-5-13(4)11-19(21-18(20)12(2)3)16-7-14-6-15(9-16)10-17(19)8-14/h13-17H,2,5-11H2,1,3-4H3. The highest BCUT2D eigenvalue weighted by Crippen LogP contribution is 2.61. The normalized spacial score (nSPS) is 41.9. The Balaban J connectivity index is 1.88. The summed E-state index contributed by atoms with van der Waals surface area (Å²) in [6.45, 7) is 10.1. The van der Waals surface area contributed by atoms with Gasteiger partial charge in [-0.1, -0.05) is 26.8 Å². The molecule has 0 aromatic carbocycles. The summed E-state index contributed by atoms with van der Waals surface area (Å²) in [7, 11) is 0. The first-order chi connectivity index (χ1) is 9.94. The van der Waals surface area contributed by atoms with Crippen LogP contribution < -0.4 is 0 Å². The number of carbonyl (C=O) groups excluding carboxylic acids is 1. The largest absolute Gasteiger partial charge is 0.455 e. The van der Waals surface area contributed by atoms with Crippen LogP contribution in [0.3, 0.4) is 0 Å². The van der Waals surface area contributed by atoms with Gasteiger partial charge in [0, 0.05) is 5.57 Å². The molecule has 4 rings (SSSR count). The van der Waals surface area contributed by atoms with E-state index in [2.05, 4.69) is 20.4 Å². The predicted octanol–water partition coefficient (Wildman–Crippen LogP) is 4.74. The molecule has 0 aliphatic heterocycles. The van der Waals surface area contributed by atoms with Crippen molar-refractivity contribution >= 4 is 5.97 Å². The average Bonchev–Trinajstić information content (AvgIpc) is 2.43. The molecule has 4 aliphatic carbocycles. The van der Waals surface area contributed by atoms with E-state index < -0.39 is 0 Å². The summed E-state index contributed by atoms with van der Waals surface area (Å²) in [5, 5.41) is 0. The maximum atomic E-state index is 12.3. The Kier molecular flexibility index (Phi) is 3.92. The lowest BCUT2D eigenvalue weighted by molar-refractivity contribution is -0.212. The third-order valence-corrected chi connectivity index (χ3v) is 6.52. The maximum Gasteiger partial charge on any atom is 0.333 e.